The highest BCUT2D eigenvalue weighted by atomic mass is 16.1. The van der Waals surface area contributed by atoms with Gasteiger partial charge in [0.05, 0.1) is 0 Å². The molecule has 4 rings (SSSR count). The second-order valence-electron chi connectivity index (χ2n) is 7.33. The standard InChI is InChI=1S/C22H25NO/c1-23-18-13-8-14-20(23)21(22(24)17-11-6-3-7-12-17)19(15-18)16-9-4-2-5-10-16/h2-7,9-12,18-21H,8,13-15H2,1H3/t18?,19-,20?,21+/m1/s1. The first-order valence-corrected chi connectivity index (χ1v) is 9.12. The van der Waals surface area contributed by atoms with Gasteiger partial charge in [-0.3, -0.25) is 9.69 Å². The van der Waals surface area contributed by atoms with Gasteiger partial charge in [0, 0.05) is 23.6 Å². The van der Waals surface area contributed by atoms with Crippen molar-refractivity contribution in [3.63, 3.8) is 0 Å². The number of fused-ring (bicyclic) bond motifs is 2. The minimum atomic E-state index is 0.0661. The highest BCUT2D eigenvalue weighted by Gasteiger charge is 2.46. The summed E-state index contributed by atoms with van der Waals surface area (Å²) in [6.07, 6.45) is 4.75. The van der Waals surface area contributed by atoms with Crippen molar-refractivity contribution in [3.05, 3.63) is 71.8 Å². The number of ketones is 1. The van der Waals surface area contributed by atoms with Gasteiger partial charge in [0.15, 0.2) is 5.78 Å². The number of piperidine rings is 2. The van der Waals surface area contributed by atoms with Crippen molar-refractivity contribution in [2.24, 2.45) is 5.92 Å². The number of benzene rings is 2. The van der Waals surface area contributed by atoms with E-state index in [0.29, 0.717) is 23.8 Å². The minimum Gasteiger partial charge on any atom is -0.300 e. The smallest absolute Gasteiger partial charge is 0.168 e. The summed E-state index contributed by atoms with van der Waals surface area (Å²) >= 11 is 0. The molecule has 2 aliphatic rings. The molecule has 0 radical (unpaired) electrons. The van der Waals surface area contributed by atoms with E-state index in [0.717, 1.165) is 18.4 Å². The van der Waals surface area contributed by atoms with Crippen LogP contribution in [0.4, 0.5) is 0 Å². The third kappa shape index (κ3) is 2.69. The second kappa shape index (κ2) is 6.52. The van der Waals surface area contributed by atoms with E-state index in [1.165, 1.54) is 18.4 Å². The molecule has 24 heavy (non-hydrogen) atoms. The van der Waals surface area contributed by atoms with Crippen LogP contribution in [0.2, 0.25) is 0 Å². The summed E-state index contributed by atoms with van der Waals surface area (Å²) in [6.45, 7) is 0. The van der Waals surface area contributed by atoms with Crippen LogP contribution in [0.3, 0.4) is 0 Å². The number of carbonyl (C=O) groups is 1. The van der Waals surface area contributed by atoms with Gasteiger partial charge < -0.3 is 0 Å². The van der Waals surface area contributed by atoms with Crippen molar-refractivity contribution in [2.75, 3.05) is 7.05 Å². The van der Waals surface area contributed by atoms with Gasteiger partial charge in [0.2, 0.25) is 0 Å². The molecule has 0 N–H and O–H groups in total. The summed E-state index contributed by atoms with van der Waals surface area (Å²) in [4.78, 5) is 15.9. The Balaban J connectivity index is 1.74. The SMILES string of the molecule is CN1C2CCCC1[C@@H](C(=O)c1ccccc1)[C@@H](c1ccccc1)C2. The Kier molecular flexibility index (Phi) is 4.24. The van der Waals surface area contributed by atoms with Crippen molar-refractivity contribution < 1.29 is 4.79 Å². The fourth-order valence-electron chi connectivity index (χ4n) is 4.86. The average molecular weight is 319 g/mol. The van der Waals surface area contributed by atoms with E-state index >= 15 is 0 Å². The molecule has 2 aliphatic heterocycles. The lowest BCUT2D eigenvalue weighted by Gasteiger charge is -2.51. The number of Topliss-reactive ketones (excluding diaryl/α,β-unsaturated/α-hetero) is 1. The van der Waals surface area contributed by atoms with Crippen LogP contribution in [0, 0.1) is 5.92 Å². The molecule has 0 amide bonds. The van der Waals surface area contributed by atoms with Crippen LogP contribution < -0.4 is 0 Å². The van der Waals surface area contributed by atoms with E-state index < -0.39 is 0 Å². The third-order valence-electron chi connectivity index (χ3n) is 6.10. The number of nitrogens with zero attached hydrogens (tertiary/aromatic N) is 1. The Bertz CT molecular complexity index is 696. The fourth-order valence-corrected chi connectivity index (χ4v) is 4.86. The van der Waals surface area contributed by atoms with Gasteiger partial charge in [-0.25, -0.2) is 0 Å². The molecule has 2 aromatic carbocycles. The summed E-state index contributed by atoms with van der Waals surface area (Å²) in [6, 6.07) is 21.5. The van der Waals surface area contributed by atoms with E-state index in [1.54, 1.807) is 0 Å². The van der Waals surface area contributed by atoms with E-state index in [-0.39, 0.29) is 5.92 Å². The molecule has 0 aromatic heterocycles. The summed E-state index contributed by atoms with van der Waals surface area (Å²) in [5, 5.41) is 0. The Morgan fingerprint density at radius 1 is 0.958 bits per heavy atom. The molecule has 124 valence electrons. The molecule has 2 heterocycles. The lowest BCUT2D eigenvalue weighted by atomic mass is 9.66. The zero-order valence-electron chi connectivity index (χ0n) is 14.3. The van der Waals surface area contributed by atoms with Gasteiger partial charge in [0.1, 0.15) is 0 Å². The maximum absolute atomic E-state index is 13.4. The minimum absolute atomic E-state index is 0.0661. The number of hydrogen-bond acceptors (Lipinski definition) is 2. The molecule has 0 spiro atoms. The third-order valence-corrected chi connectivity index (χ3v) is 6.10. The molecular formula is C22H25NO. The lowest BCUT2D eigenvalue weighted by molar-refractivity contribution is 0.0123. The van der Waals surface area contributed by atoms with Crippen molar-refractivity contribution in [1.82, 2.24) is 4.90 Å². The predicted molar refractivity (Wildman–Crippen MR) is 97.3 cm³/mol. The lowest BCUT2D eigenvalue weighted by Crippen LogP contribution is -2.56. The van der Waals surface area contributed by atoms with Crippen LogP contribution in [0.15, 0.2) is 60.7 Å². The first-order chi connectivity index (χ1) is 11.8. The van der Waals surface area contributed by atoms with Crippen LogP contribution in [0.25, 0.3) is 0 Å². The summed E-state index contributed by atoms with van der Waals surface area (Å²) in [7, 11) is 2.22. The molecule has 0 saturated carbocycles. The monoisotopic (exact) mass is 319 g/mol. The summed E-state index contributed by atoms with van der Waals surface area (Å²) in [5.74, 6) is 0.725. The summed E-state index contributed by atoms with van der Waals surface area (Å²) in [5.41, 5.74) is 2.19. The Morgan fingerprint density at radius 3 is 2.33 bits per heavy atom. The van der Waals surface area contributed by atoms with E-state index in [2.05, 4.69) is 42.3 Å². The molecule has 2 heteroatoms. The zero-order valence-corrected chi connectivity index (χ0v) is 14.3. The van der Waals surface area contributed by atoms with Crippen LogP contribution in [-0.2, 0) is 0 Å². The quantitative estimate of drug-likeness (QED) is 0.775. The maximum atomic E-state index is 13.4. The Morgan fingerprint density at radius 2 is 1.62 bits per heavy atom. The summed E-state index contributed by atoms with van der Waals surface area (Å²) < 4.78 is 0. The molecule has 0 aliphatic carbocycles. The topological polar surface area (TPSA) is 20.3 Å². The van der Waals surface area contributed by atoms with Gasteiger partial charge in [0.25, 0.3) is 0 Å². The average Bonchev–Trinajstić information content (AvgIpc) is 2.63. The van der Waals surface area contributed by atoms with Crippen LogP contribution in [0.5, 0.6) is 0 Å². The first-order valence-electron chi connectivity index (χ1n) is 9.12. The number of carbonyl (C=O) groups excluding carboxylic acids is 1. The van der Waals surface area contributed by atoms with E-state index in [9.17, 15) is 4.79 Å². The van der Waals surface area contributed by atoms with Crippen LogP contribution >= 0.6 is 0 Å². The number of rotatable bonds is 3. The molecule has 2 unspecified atom stereocenters. The highest BCUT2D eigenvalue weighted by molar-refractivity contribution is 5.99. The Labute approximate surface area is 144 Å². The molecule has 2 aromatic rings. The zero-order chi connectivity index (χ0) is 16.5. The van der Waals surface area contributed by atoms with E-state index in [4.69, 9.17) is 0 Å². The van der Waals surface area contributed by atoms with Crippen molar-refractivity contribution in [2.45, 2.75) is 43.7 Å². The first kappa shape index (κ1) is 15.6. The van der Waals surface area contributed by atoms with Crippen LogP contribution in [0.1, 0.15) is 47.5 Å². The number of hydrogen-bond donors (Lipinski definition) is 0. The molecule has 2 bridgehead atoms. The van der Waals surface area contributed by atoms with Gasteiger partial charge in [-0.2, -0.15) is 0 Å². The van der Waals surface area contributed by atoms with Gasteiger partial charge in [-0.1, -0.05) is 67.1 Å². The fraction of sp³-hybridized carbons (Fsp3) is 0.409. The van der Waals surface area contributed by atoms with Gasteiger partial charge in [-0.05, 0) is 37.8 Å². The maximum Gasteiger partial charge on any atom is 0.168 e. The van der Waals surface area contributed by atoms with E-state index in [1.807, 2.05) is 30.3 Å². The molecule has 2 saturated heterocycles. The normalized spacial score (nSPS) is 30.0. The van der Waals surface area contributed by atoms with Gasteiger partial charge >= 0.3 is 0 Å². The van der Waals surface area contributed by atoms with Crippen molar-refractivity contribution in [3.8, 4) is 0 Å². The predicted octanol–water partition coefficient (Wildman–Crippen LogP) is 4.53. The second-order valence-corrected chi connectivity index (χ2v) is 7.33. The molecule has 2 nitrogen and oxygen atoms in total. The van der Waals surface area contributed by atoms with Crippen molar-refractivity contribution in [1.29, 1.82) is 0 Å². The highest BCUT2D eigenvalue weighted by Crippen LogP contribution is 2.45. The van der Waals surface area contributed by atoms with Crippen LogP contribution in [-0.4, -0.2) is 29.8 Å². The largest absolute Gasteiger partial charge is 0.300 e. The van der Waals surface area contributed by atoms with Gasteiger partial charge in [-0.15, -0.1) is 0 Å². The molecule has 2 fully saturated rings. The Hall–Kier alpha value is -1.93. The molecule has 4 atom stereocenters. The molecular weight excluding hydrogens is 294 g/mol. The van der Waals surface area contributed by atoms with Crippen molar-refractivity contribution >= 4 is 5.78 Å².